The number of aromatic amines is 2. The second-order valence-corrected chi connectivity index (χ2v) is 5.81. The maximum absolute atomic E-state index is 9.19. The van der Waals surface area contributed by atoms with Crippen LogP contribution in [0.25, 0.3) is 28.0 Å². The van der Waals surface area contributed by atoms with E-state index in [2.05, 4.69) is 35.9 Å². The fourth-order valence-corrected chi connectivity index (χ4v) is 2.55. The van der Waals surface area contributed by atoms with Gasteiger partial charge in [-0.3, -0.25) is 0 Å². The quantitative estimate of drug-likeness (QED) is 0.479. The van der Waals surface area contributed by atoms with Crippen molar-refractivity contribution >= 4 is 33.9 Å². The van der Waals surface area contributed by atoms with E-state index in [-0.39, 0.29) is 11.4 Å². The molecular weight excluding hydrogens is 352 g/mol. The minimum Gasteiger partial charge on any atom is -0.360 e. The maximum atomic E-state index is 9.19. The van der Waals surface area contributed by atoms with E-state index in [0.29, 0.717) is 5.02 Å². The monoisotopic (exact) mass is 362 g/mol. The lowest BCUT2D eigenvalue weighted by atomic mass is 10.2. The van der Waals surface area contributed by atoms with Crippen molar-refractivity contribution in [1.29, 1.82) is 5.26 Å². The number of allylic oxidation sites excluding steroid dienone is 1. The minimum atomic E-state index is 0.229. The third-order valence-electron chi connectivity index (χ3n) is 3.69. The minimum absolute atomic E-state index is 0.229. The summed E-state index contributed by atoms with van der Waals surface area (Å²) >= 11 is 5.93. The Labute approximate surface area is 152 Å². The molecule has 0 aliphatic heterocycles. The Kier molecular flexibility index (Phi) is 4.05. The van der Waals surface area contributed by atoms with Crippen molar-refractivity contribution in [1.82, 2.24) is 30.6 Å². The zero-order valence-electron chi connectivity index (χ0n) is 13.2. The molecule has 4 rings (SSSR count). The van der Waals surface area contributed by atoms with Gasteiger partial charge in [-0.05, 0) is 47.7 Å². The van der Waals surface area contributed by atoms with Gasteiger partial charge in [-0.1, -0.05) is 11.6 Å². The molecule has 0 spiro atoms. The molecule has 2 aromatic carbocycles. The number of imidazole rings is 1. The standard InChI is InChI=1S/C17H11ClN8/c18-12-3-1-10(2-4-12)16-21-14-6-5-13(7-15(14)22-16)20-9-11(8-19)17-23-25-26-24-17/h1-7,9,20H,(H,21,22)(H,23,24,25,26). The van der Waals surface area contributed by atoms with Crippen LogP contribution in [0.3, 0.4) is 0 Å². The van der Waals surface area contributed by atoms with E-state index in [4.69, 9.17) is 11.6 Å². The van der Waals surface area contributed by atoms with Crippen LogP contribution in [0.2, 0.25) is 5.02 Å². The number of tetrazole rings is 1. The smallest absolute Gasteiger partial charge is 0.216 e. The van der Waals surface area contributed by atoms with Gasteiger partial charge < -0.3 is 10.3 Å². The Morgan fingerprint density at radius 1 is 1.19 bits per heavy atom. The molecule has 3 N–H and O–H groups in total. The molecule has 126 valence electrons. The summed E-state index contributed by atoms with van der Waals surface area (Å²) in [5.41, 5.74) is 3.71. The fourth-order valence-electron chi connectivity index (χ4n) is 2.42. The molecule has 0 fully saturated rings. The van der Waals surface area contributed by atoms with Crippen LogP contribution in [0, 0.1) is 11.3 Å². The summed E-state index contributed by atoms with van der Waals surface area (Å²) in [7, 11) is 0. The molecule has 8 nitrogen and oxygen atoms in total. The van der Waals surface area contributed by atoms with E-state index in [0.717, 1.165) is 28.1 Å². The van der Waals surface area contributed by atoms with E-state index in [1.807, 2.05) is 48.5 Å². The predicted octanol–water partition coefficient (Wildman–Crippen LogP) is 3.37. The highest BCUT2D eigenvalue weighted by Gasteiger charge is 2.07. The molecule has 0 bridgehead atoms. The molecule has 4 aromatic rings. The third kappa shape index (κ3) is 3.11. The van der Waals surface area contributed by atoms with Gasteiger partial charge in [0.05, 0.1) is 11.0 Å². The Morgan fingerprint density at radius 2 is 2.04 bits per heavy atom. The Morgan fingerprint density at radius 3 is 2.77 bits per heavy atom. The highest BCUT2D eigenvalue weighted by atomic mass is 35.5. The van der Waals surface area contributed by atoms with Gasteiger partial charge in [0.25, 0.3) is 0 Å². The molecule has 0 amide bonds. The average Bonchev–Trinajstić information content (AvgIpc) is 3.32. The number of benzene rings is 2. The highest BCUT2D eigenvalue weighted by Crippen LogP contribution is 2.24. The highest BCUT2D eigenvalue weighted by molar-refractivity contribution is 6.30. The molecule has 2 aromatic heterocycles. The molecule has 26 heavy (non-hydrogen) atoms. The van der Waals surface area contributed by atoms with E-state index in [9.17, 15) is 5.26 Å². The summed E-state index contributed by atoms with van der Waals surface area (Å²) in [5, 5.41) is 26.3. The topological polar surface area (TPSA) is 119 Å². The number of fused-ring (bicyclic) bond motifs is 1. The van der Waals surface area contributed by atoms with Crippen LogP contribution in [-0.4, -0.2) is 30.6 Å². The van der Waals surface area contributed by atoms with E-state index in [1.165, 1.54) is 6.20 Å². The number of halogens is 1. The van der Waals surface area contributed by atoms with Gasteiger partial charge in [-0.2, -0.15) is 10.5 Å². The van der Waals surface area contributed by atoms with Gasteiger partial charge in [0.15, 0.2) is 0 Å². The van der Waals surface area contributed by atoms with Gasteiger partial charge in [0.1, 0.15) is 17.5 Å². The van der Waals surface area contributed by atoms with Crippen molar-refractivity contribution in [2.75, 3.05) is 5.32 Å². The first kappa shape index (κ1) is 15.8. The van der Waals surface area contributed by atoms with Crippen LogP contribution in [-0.2, 0) is 0 Å². The Hall–Kier alpha value is -3.70. The number of nitrogens with one attached hydrogen (secondary N) is 3. The summed E-state index contributed by atoms with van der Waals surface area (Å²) < 4.78 is 0. The summed E-state index contributed by atoms with van der Waals surface area (Å²) in [6.07, 6.45) is 1.53. The van der Waals surface area contributed by atoms with Crippen molar-refractivity contribution in [3.05, 3.63) is 59.5 Å². The lowest BCUT2D eigenvalue weighted by Crippen LogP contribution is -1.92. The van der Waals surface area contributed by atoms with Crippen molar-refractivity contribution in [3.63, 3.8) is 0 Å². The third-order valence-corrected chi connectivity index (χ3v) is 3.94. The molecule has 0 atom stereocenters. The van der Waals surface area contributed by atoms with Crippen LogP contribution in [0.5, 0.6) is 0 Å². The summed E-state index contributed by atoms with van der Waals surface area (Å²) in [6.45, 7) is 0. The fraction of sp³-hybridized carbons (Fsp3) is 0. The number of hydrogen-bond acceptors (Lipinski definition) is 6. The molecule has 0 unspecified atom stereocenters. The summed E-state index contributed by atoms with van der Waals surface area (Å²) in [5.74, 6) is 0.988. The van der Waals surface area contributed by atoms with Crippen LogP contribution in [0.4, 0.5) is 5.69 Å². The van der Waals surface area contributed by atoms with Crippen molar-refractivity contribution in [3.8, 4) is 17.5 Å². The van der Waals surface area contributed by atoms with Gasteiger partial charge in [0, 0.05) is 22.5 Å². The van der Waals surface area contributed by atoms with Crippen molar-refractivity contribution < 1.29 is 0 Å². The average molecular weight is 363 g/mol. The summed E-state index contributed by atoms with van der Waals surface area (Å²) in [6, 6.07) is 15.2. The molecule has 0 saturated heterocycles. The largest absolute Gasteiger partial charge is 0.360 e. The molecule has 0 aliphatic rings. The first-order valence-electron chi connectivity index (χ1n) is 7.59. The number of hydrogen-bond donors (Lipinski definition) is 3. The maximum Gasteiger partial charge on any atom is 0.216 e. The van der Waals surface area contributed by atoms with Crippen LogP contribution < -0.4 is 5.32 Å². The number of aromatic nitrogens is 6. The number of rotatable bonds is 4. The lowest BCUT2D eigenvalue weighted by molar-refractivity contribution is 0.881. The van der Waals surface area contributed by atoms with Crippen molar-refractivity contribution in [2.24, 2.45) is 0 Å². The second-order valence-electron chi connectivity index (χ2n) is 5.37. The number of anilines is 1. The Balaban J connectivity index is 1.62. The van der Waals surface area contributed by atoms with E-state index in [1.54, 1.807) is 0 Å². The molecule has 9 heteroatoms. The molecule has 0 aliphatic carbocycles. The van der Waals surface area contributed by atoms with Crippen LogP contribution in [0.1, 0.15) is 5.82 Å². The zero-order chi connectivity index (χ0) is 17.9. The first-order chi connectivity index (χ1) is 12.7. The van der Waals surface area contributed by atoms with Crippen LogP contribution in [0.15, 0.2) is 48.7 Å². The first-order valence-corrected chi connectivity index (χ1v) is 7.97. The van der Waals surface area contributed by atoms with E-state index >= 15 is 0 Å². The summed E-state index contributed by atoms with van der Waals surface area (Å²) in [4.78, 5) is 7.86. The number of H-pyrrole nitrogens is 2. The van der Waals surface area contributed by atoms with E-state index < -0.39 is 0 Å². The predicted molar refractivity (Wildman–Crippen MR) is 97.9 cm³/mol. The number of nitriles is 1. The molecule has 0 radical (unpaired) electrons. The van der Waals surface area contributed by atoms with Crippen LogP contribution >= 0.6 is 11.6 Å². The van der Waals surface area contributed by atoms with Gasteiger partial charge >= 0.3 is 0 Å². The lowest BCUT2D eigenvalue weighted by Gasteiger charge is -2.00. The van der Waals surface area contributed by atoms with Gasteiger partial charge in [-0.25, -0.2) is 4.98 Å². The number of nitrogens with zero attached hydrogens (tertiary/aromatic N) is 5. The second kappa shape index (κ2) is 6.66. The molecular formula is C17H11ClN8. The molecule has 2 heterocycles. The van der Waals surface area contributed by atoms with Gasteiger partial charge in [0.2, 0.25) is 5.82 Å². The van der Waals surface area contributed by atoms with Gasteiger partial charge in [-0.15, -0.1) is 10.2 Å². The molecule has 0 saturated carbocycles. The SMILES string of the molecule is N#CC(=CNc1ccc2nc(-c3ccc(Cl)cc3)[nH]c2c1)c1nn[nH]n1. The van der Waals surface area contributed by atoms with Crippen molar-refractivity contribution in [2.45, 2.75) is 0 Å². The Bertz CT molecular complexity index is 1120. The normalized spacial score (nSPS) is 11.5. The zero-order valence-corrected chi connectivity index (χ0v) is 14.0.